The average Bonchev–Trinajstić information content (AvgIpc) is 3.06. The molecule has 3 aromatic carbocycles. The van der Waals surface area contributed by atoms with Gasteiger partial charge in [0.25, 0.3) is 5.91 Å². The van der Waals surface area contributed by atoms with Gasteiger partial charge in [-0.25, -0.2) is 18.5 Å². The molecule has 0 saturated heterocycles. The Balaban J connectivity index is 1.47. The SMILES string of the molecule is O=C(NCCc1ccc(O)c(N=Nc2ccc(C(=O)O[C@H]3[C@@H](O)[C@H](OP(=O)(O)O)[C@@H](OP(=O)(O)O)[C@H](O)[C@H]3OP(=O)(O)O)cc2)c1)c1ccccc1. The number of aliphatic hydroxyl groups excluding tert-OH is 2. The van der Waals surface area contributed by atoms with E-state index >= 15 is 0 Å². The quantitative estimate of drug-likeness (QED) is 0.0627. The van der Waals surface area contributed by atoms with Crippen LogP contribution in [0.25, 0.3) is 0 Å². The second-order valence-corrected chi connectivity index (χ2v) is 14.6. The van der Waals surface area contributed by atoms with Crippen LogP contribution >= 0.6 is 23.5 Å². The molecule has 0 aromatic heterocycles. The molecule has 1 fully saturated rings. The number of aliphatic hydroxyl groups is 2. The number of hydrogen-bond donors (Lipinski definition) is 10. The molecular weight excluding hydrogens is 759 g/mol. The molecule has 3 aromatic rings. The Hall–Kier alpha value is -3.75. The fourth-order valence-electron chi connectivity index (χ4n) is 4.91. The highest BCUT2D eigenvalue weighted by molar-refractivity contribution is 7.46. The molecule has 282 valence electrons. The molecule has 0 unspecified atom stereocenters. The molecular formula is C28H32N3O18P3. The van der Waals surface area contributed by atoms with Gasteiger partial charge in [-0.1, -0.05) is 24.3 Å². The number of nitrogens with one attached hydrogen (secondary N) is 1. The van der Waals surface area contributed by atoms with E-state index in [1.54, 1.807) is 36.4 Å². The maximum absolute atomic E-state index is 13.0. The number of rotatable bonds is 14. The van der Waals surface area contributed by atoms with E-state index in [1.165, 1.54) is 24.3 Å². The van der Waals surface area contributed by atoms with Crippen molar-refractivity contribution in [1.29, 1.82) is 0 Å². The summed E-state index contributed by atoms with van der Waals surface area (Å²) in [7, 11) is -16.9. The highest BCUT2D eigenvalue weighted by Gasteiger charge is 2.58. The number of phenolic OH excluding ortho intramolecular Hbond substituents is 1. The minimum absolute atomic E-state index is 0.0735. The van der Waals surface area contributed by atoms with Crippen LogP contribution in [0.2, 0.25) is 0 Å². The lowest BCUT2D eigenvalue weighted by Gasteiger charge is -2.45. The van der Waals surface area contributed by atoms with Gasteiger partial charge in [-0.2, -0.15) is 5.11 Å². The number of ether oxygens (including phenoxy) is 1. The molecule has 52 heavy (non-hydrogen) atoms. The normalized spacial score (nSPS) is 22.6. The van der Waals surface area contributed by atoms with Gasteiger partial charge in [0.15, 0.2) is 6.10 Å². The number of amides is 1. The third-order valence-electron chi connectivity index (χ3n) is 7.17. The minimum atomic E-state index is -5.63. The van der Waals surface area contributed by atoms with Crippen molar-refractivity contribution in [2.24, 2.45) is 10.2 Å². The summed E-state index contributed by atoms with van der Waals surface area (Å²) < 4.78 is 52.9. The molecule has 0 bridgehead atoms. The molecule has 0 radical (unpaired) electrons. The van der Waals surface area contributed by atoms with Crippen LogP contribution < -0.4 is 5.32 Å². The zero-order valence-electron chi connectivity index (χ0n) is 26.2. The van der Waals surface area contributed by atoms with Gasteiger partial charge in [-0.15, -0.1) is 5.11 Å². The van der Waals surface area contributed by atoms with E-state index in [0.29, 0.717) is 17.5 Å². The summed E-state index contributed by atoms with van der Waals surface area (Å²) in [6.45, 7) is 0.286. The van der Waals surface area contributed by atoms with E-state index in [-0.39, 0.29) is 35.1 Å². The first-order valence-electron chi connectivity index (χ1n) is 14.7. The minimum Gasteiger partial charge on any atom is -0.506 e. The number of phosphoric acid groups is 3. The van der Waals surface area contributed by atoms with E-state index in [2.05, 4.69) is 29.1 Å². The summed E-state index contributed by atoms with van der Waals surface area (Å²) in [5, 5.41) is 42.6. The van der Waals surface area contributed by atoms with Gasteiger partial charge in [0, 0.05) is 12.1 Å². The first kappa shape index (κ1) is 41.0. The fourth-order valence-corrected chi connectivity index (χ4v) is 6.60. The Labute approximate surface area is 293 Å². The van der Waals surface area contributed by atoms with Crippen molar-refractivity contribution >= 4 is 46.7 Å². The lowest BCUT2D eigenvalue weighted by atomic mass is 9.85. The Bertz CT molecular complexity index is 1900. The molecule has 1 aliphatic rings. The van der Waals surface area contributed by atoms with Gasteiger partial charge in [-0.3, -0.25) is 18.4 Å². The van der Waals surface area contributed by atoms with E-state index in [9.17, 15) is 68.0 Å². The number of nitrogens with zero attached hydrogens (tertiary/aromatic N) is 2. The predicted octanol–water partition coefficient (Wildman–Crippen LogP) is 1.47. The van der Waals surface area contributed by atoms with E-state index in [0.717, 1.165) is 12.1 Å². The van der Waals surface area contributed by atoms with E-state index < -0.39 is 66.1 Å². The highest BCUT2D eigenvalue weighted by atomic mass is 31.2. The monoisotopic (exact) mass is 791 g/mol. The highest BCUT2D eigenvalue weighted by Crippen LogP contribution is 2.49. The molecule has 6 atom stereocenters. The summed E-state index contributed by atoms with van der Waals surface area (Å²) in [4.78, 5) is 81.0. The summed E-state index contributed by atoms with van der Waals surface area (Å²) in [6.07, 6.45) is -14.8. The van der Waals surface area contributed by atoms with Gasteiger partial charge in [0.05, 0.1) is 11.3 Å². The number of carbonyl (C=O) groups excluding carboxylic acids is 2. The Morgan fingerprint density at radius 3 is 1.73 bits per heavy atom. The molecule has 21 nitrogen and oxygen atoms in total. The molecule has 0 heterocycles. The number of esters is 1. The van der Waals surface area contributed by atoms with E-state index in [1.807, 2.05) is 0 Å². The largest absolute Gasteiger partial charge is 0.506 e. The lowest BCUT2D eigenvalue weighted by molar-refractivity contribution is -0.212. The number of azo groups is 1. The van der Waals surface area contributed by atoms with Gasteiger partial charge in [0.2, 0.25) is 0 Å². The third kappa shape index (κ3) is 11.9. The standard InChI is InChI=1S/C28H32N3O18P3/c32-20-11-6-15(12-13-29-27(35)16-4-2-1-3-5-16)14-19(20)31-30-18-9-7-17(8-10-18)28(36)46-23-21(33)25(48-51(40,41)42)26(49-52(43,44)45)22(34)24(23)47-50(37,38)39/h1-11,14,21-26,32-34H,12-13H2,(H,29,35)(H2,37,38,39)(H2,40,41,42)(H2,43,44,45)/t21-,22-,23+,24-,25+,26+/m1/s1. The molecule has 1 amide bonds. The number of phosphoric ester groups is 3. The van der Waals surface area contributed by atoms with E-state index in [4.69, 9.17) is 4.74 Å². The smallest absolute Gasteiger partial charge is 0.470 e. The van der Waals surface area contributed by atoms with Crippen molar-refractivity contribution in [3.63, 3.8) is 0 Å². The zero-order valence-corrected chi connectivity index (χ0v) is 28.9. The molecule has 1 saturated carbocycles. The fraction of sp³-hybridized carbons (Fsp3) is 0.286. The Kier molecular flexibility index (Phi) is 13.4. The molecule has 4 rings (SSSR count). The van der Waals surface area contributed by atoms with Crippen LogP contribution in [0.1, 0.15) is 26.3 Å². The Morgan fingerprint density at radius 1 is 0.673 bits per heavy atom. The first-order chi connectivity index (χ1) is 24.2. The second-order valence-electron chi connectivity index (χ2n) is 11.0. The van der Waals surface area contributed by atoms with Crippen LogP contribution in [0.3, 0.4) is 0 Å². The average molecular weight is 791 g/mol. The van der Waals surface area contributed by atoms with Crippen LogP contribution in [0, 0.1) is 0 Å². The second kappa shape index (κ2) is 16.9. The van der Waals surface area contributed by atoms with Gasteiger partial charge in [-0.05, 0) is 60.5 Å². The summed E-state index contributed by atoms with van der Waals surface area (Å²) >= 11 is 0. The molecule has 0 spiro atoms. The summed E-state index contributed by atoms with van der Waals surface area (Å²) in [5.41, 5.74) is 1.11. The zero-order chi connectivity index (χ0) is 38.4. The number of carbonyl (C=O) groups is 2. The molecule has 0 aliphatic heterocycles. The van der Waals surface area contributed by atoms with Crippen LogP contribution in [0.15, 0.2) is 83.0 Å². The predicted molar refractivity (Wildman–Crippen MR) is 173 cm³/mol. The molecule has 24 heteroatoms. The van der Waals surface area contributed by atoms with Crippen molar-refractivity contribution in [2.75, 3.05) is 6.54 Å². The van der Waals surface area contributed by atoms with Gasteiger partial charge >= 0.3 is 29.4 Å². The van der Waals surface area contributed by atoms with Gasteiger partial charge in [0.1, 0.15) is 42.0 Å². The number of benzene rings is 3. The lowest BCUT2D eigenvalue weighted by Crippen LogP contribution is -2.66. The van der Waals surface area contributed by atoms with Crippen LogP contribution in [0.5, 0.6) is 5.75 Å². The summed E-state index contributed by atoms with van der Waals surface area (Å²) in [5.74, 6) is -1.82. The van der Waals surface area contributed by atoms with Crippen molar-refractivity contribution in [3.8, 4) is 5.75 Å². The van der Waals surface area contributed by atoms with Crippen molar-refractivity contribution in [3.05, 3.63) is 89.5 Å². The van der Waals surface area contributed by atoms with Crippen molar-refractivity contribution < 1.29 is 86.3 Å². The Morgan fingerprint density at radius 2 is 1.19 bits per heavy atom. The summed E-state index contributed by atoms with van der Waals surface area (Å²) in [6, 6.07) is 17.9. The number of phenols is 1. The number of hydrogen-bond acceptors (Lipinski definition) is 14. The number of aromatic hydroxyl groups is 1. The maximum Gasteiger partial charge on any atom is 0.470 e. The van der Waals surface area contributed by atoms with Crippen LogP contribution in [-0.2, 0) is 38.4 Å². The maximum atomic E-state index is 13.0. The van der Waals surface area contributed by atoms with Crippen LogP contribution in [0.4, 0.5) is 11.4 Å². The molecule has 1 aliphatic carbocycles. The topological polar surface area (TPSA) is 341 Å². The van der Waals surface area contributed by atoms with Crippen molar-refractivity contribution in [2.45, 2.75) is 43.0 Å². The molecule has 10 N–H and O–H groups in total. The van der Waals surface area contributed by atoms with Crippen molar-refractivity contribution in [1.82, 2.24) is 5.32 Å². The first-order valence-corrected chi connectivity index (χ1v) is 19.3. The van der Waals surface area contributed by atoms with Gasteiger partial charge < -0.3 is 54.7 Å². The third-order valence-corrected chi connectivity index (χ3v) is 8.72. The van der Waals surface area contributed by atoms with Crippen LogP contribution in [-0.4, -0.2) is 99.7 Å².